The van der Waals surface area contributed by atoms with Crippen LogP contribution in [0, 0.1) is 13.8 Å². The number of hydrogen-bond acceptors (Lipinski definition) is 2. The van der Waals surface area contributed by atoms with Crippen molar-refractivity contribution < 1.29 is 4.68 Å². The summed E-state index contributed by atoms with van der Waals surface area (Å²) in [6, 6.07) is 12.0. The van der Waals surface area contributed by atoms with Crippen LogP contribution < -0.4 is 10.4 Å². The molecule has 0 radical (unpaired) electrons. The lowest BCUT2D eigenvalue weighted by molar-refractivity contribution is -0.644. The standard InChI is InChI=1S/C14H14N4/c1-9-7-14(18-13(15)8-10(2)17-18)16-12-6-4-3-5-11(9)12/h3-8H,1-2H3,(H2,15,17)/p+1. The fourth-order valence-corrected chi connectivity index (χ4v) is 2.20. The number of nitrogens with one attached hydrogen (secondary N) is 1. The third-order valence-electron chi connectivity index (χ3n) is 3.05. The number of para-hydroxylation sites is 1. The van der Waals surface area contributed by atoms with Gasteiger partial charge >= 0.3 is 0 Å². The third kappa shape index (κ3) is 1.62. The van der Waals surface area contributed by atoms with Crippen molar-refractivity contribution in [3.63, 3.8) is 0 Å². The normalized spacial score (nSPS) is 11.0. The first-order valence-corrected chi connectivity index (χ1v) is 5.89. The number of pyridine rings is 1. The summed E-state index contributed by atoms with van der Waals surface area (Å²) < 4.78 is 1.80. The summed E-state index contributed by atoms with van der Waals surface area (Å²) in [5.41, 5.74) is 9.14. The average molecular weight is 239 g/mol. The molecule has 3 N–H and O–H groups in total. The molecule has 0 unspecified atom stereocenters. The van der Waals surface area contributed by atoms with Gasteiger partial charge in [0.2, 0.25) is 5.82 Å². The molecule has 3 rings (SSSR count). The van der Waals surface area contributed by atoms with Crippen molar-refractivity contribution in [2.24, 2.45) is 0 Å². The molecule has 1 aromatic carbocycles. The van der Waals surface area contributed by atoms with E-state index in [-0.39, 0.29) is 0 Å². The molecule has 0 amide bonds. The minimum Gasteiger partial charge on any atom is -0.317 e. The van der Waals surface area contributed by atoms with Crippen LogP contribution in [0.25, 0.3) is 16.7 Å². The van der Waals surface area contributed by atoms with E-state index in [9.17, 15) is 0 Å². The summed E-state index contributed by atoms with van der Waals surface area (Å²) in [6.45, 7) is 4.06. The molecule has 0 atom stereocenters. The quantitative estimate of drug-likeness (QED) is 0.638. The molecule has 0 spiro atoms. The molecular formula is C14H15N4+. The highest BCUT2D eigenvalue weighted by Crippen LogP contribution is 2.17. The van der Waals surface area contributed by atoms with Gasteiger partial charge in [-0.25, -0.2) is 5.10 Å². The summed E-state index contributed by atoms with van der Waals surface area (Å²) in [5.74, 6) is 1.48. The van der Waals surface area contributed by atoms with Crippen molar-refractivity contribution in [1.82, 2.24) is 10.1 Å². The number of aryl methyl sites for hydroxylation is 2. The molecule has 3 aromatic rings. The van der Waals surface area contributed by atoms with Crippen LogP contribution in [0.1, 0.15) is 11.3 Å². The van der Waals surface area contributed by atoms with Crippen molar-refractivity contribution in [3.05, 3.63) is 47.7 Å². The Bertz CT molecular complexity index is 728. The molecule has 0 aliphatic heterocycles. The van der Waals surface area contributed by atoms with Gasteiger partial charge in [-0.15, -0.1) is 9.67 Å². The van der Waals surface area contributed by atoms with Gasteiger partial charge in [0.15, 0.2) is 0 Å². The highest BCUT2D eigenvalue weighted by atomic mass is 15.3. The number of anilines is 1. The molecule has 0 aliphatic carbocycles. The van der Waals surface area contributed by atoms with Gasteiger partial charge in [-0.3, -0.25) is 0 Å². The maximum Gasteiger partial charge on any atom is 0.285 e. The number of nitrogens with zero attached hydrogens (tertiary/aromatic N) is 2. The lowest BCUT2D eigenvalue weighted by Gasteiger charge is -2.01. The van der Waals surface area contributed by atoms with E-state index in [1.807, 2.05) is 37.3 Å². The van der Waals surface area contributed by atoms with Gasteiger partial charge in [0.05, 0.1) is 0 Å². The van der Waals surface area contributed by atoms with E-state index in [1.54, 1.807) is 4.68 Å². The summed E-state index contributed by atoms with van der Waals surface area (Å²) in [4.78, 5) is 4.63. The molecule has 4 nitrogen and oxygen atoms in total. The Morgan fingerprint density at radius 1 is 1.17 bits per heavy atom. The Hall–Kier alpha value is -2.36. The number of aromatic amines is 1. The highest BCUT2D eigenvalue weighted by molar-refractivity contribution is 5.82. The molecule has 0 fully saturated rings. The Kier molecular flexibility index (Phi) is 2.30. The summed E-state index contributed by atoms with van der Waals surface area (Å²) in [6.07, 6.45) is 0. The molecule has 2 aromatic heterocycles. The fourth-order valence-electron chi connectivity index (χ4n) is 2.20. The summed E-state index contributed by atoms with van der Waals surface area (Å²) in [5, 5.41) is 4.35. The van der Waals surface area contributed by atoms with Crippen molar-refractivity contribution in [3.8, 4) is 5.82 Å². The number of benzene rings is 1. The Balaban J connectivity index is 2.27. The average Bonchev–Trinajstić information content (AvgIpc) is 2.68. The molecule has 0 aliphatic rings. The van der Waals surface area contributed by atoms with Crippen LogP contribution in [0.2, 0.25) is 0 Å². The third-order valence-corrected chi connectivity index (χ3v) is 3.05. The number of aromatic nitrogens is 3. The molecular weight excluding hydrogens is 224 g/mol. The smallest absolute Gasteiger partial charge is 0.285 e. The zero-order chi connectivity index (χ0) is 12.7. The second-order valence-corrected chi connectivity index (χ2v) is 4.51. The van der Waals surface area contributed by atoms with Gasteiger partial charge in [-0.05, 0) is 25.5 Å². The van der Waals surface area contributed by atoms with Gasteiger partial charge in [0.1, 0.15) is 5.52 Å². The molecule has 18 heavy (non-hydrogen) atoms. The lowest BCUT2D eigenvalue weighted by Crippen LogP contribution is -2.36. The van der Waals surface area contributed by atoms with E-state index in [4.69, 9.17) is 5.73 Å². The van der Waals surface area contributed by atoms with E-state index < -0.39 is 0 Å². The number of H-pyrrole nitrogens is 1. The van der Waals surface area contributed by atoms with Crippen molar-refractivity contribution in [1.29, 1.82) is 0 Å². The van der Waals surface area contributed by atoms with Gasteiger partial charge in [-0.1, -0.05) is 18.2 Å². The second-order valence-electron chi connectivity index (χ2n) is 4.51. The predicted octanol–water partition coefficient (Wildman–Crippen LogP) is 2.04. The van der Waals surface area contributed by atoms with Crippen molar-refractivity contribution in [2.45, 2.75) is 13.8 Å². The highest BCUT2D eigenvalue weighted by Gasteiger charge is 2.14. The minimum atomic E-state index is 0.662. The molecule has 0 saturated carbocycles. The number of fused-ring (bicyclic) bond motifs is 1. The zero-order valence-electron chi connectivity index (χ0n) is 10.4. The van der Waals surface area contributed by atoms with E-state index in [0.29, 0.717) is 5.82 Å². The van der Waals surface area contributed by atoms with E-state index in [0.717, 1.165) is 17.0 Å². The van der Waals surface area contributed by atoms with Gasteiger partial charge in [0, 0.05) is 23.2 Å². The lowest BCUT2D eigenvalue weighted by atomic mass is 10.1. The topological polar surface area (TPSA) is 58.6 Å². The van der Waals surface area contributed by atoms with Crippen LogP contribution in [-0.4, -0.2) is 10.1 Å². The largest absolute Gasteiger partial charge is 0.317 e. The predicted molar refractivity (Wildman–Crippen MR) is 71.5 cm³/mol. The van der Waals surface area contributed by atoms with Gasteiger partial charge in [0.25, 0.3) is 5.82 Å². The Morgan fingerprint density at radius 2 is 1.94 bits per heavy atom. The van der Waals surface area contributed by atoms with Crippen molar-refractivity contribution in [2.75, 3.05) is 5.73 Å². The first-order chi connectivity index (χ1) is 8.65. The molecule has 2 heterocycles. The van der Waals surface area contributed by atoms with Crippen LogP contribution in [0.3, 0.4) is 0 Å². The molecule has 0 saturated heterocycles. The zero-order valence-corrected chi connectivity index (χ0v) is 10.4. The minimum absolute atomic E-state index is 0.662. The van der Waals surface area contributed by atoms with Crippen LogP contribution in [0.15, 0.2) is 36.4 Å². The molecule has 4 heteroatoms. The van der Waals surface area contributed by atoms with E-state index in [1.165, 1.54) is 10.9 Å². The number of nitrogen functional groups attached to an aromatic ring is 1. The second kappa shape index (κ2) is 3.84. The number of hydrogen-bond donors (Lipinski definition) is 2. The molecule has 0 bridgehead atoms. The summed E-state index contributed by atoms with van der Waals surface area (Å²) in [7, 11) is 0. The first kappa shape index (κ1) is 10.8. The SMILES string of the molecule is Cc1cc(N)[n+](-c2cc(C)c3ccccc3n2)[nH]1. The van der Waals surface area contributed by atoms with Gasteiger partial charge < -0.3 is 5.73 Å². The van der Waals surface area contributed by atoms with Crippen LogP contribution in [-0.2, 0) is 0 Å². The maximum absolute atomic E-state index is 5.96. The number of nitrogens with two attached hydrogens (primary N) is 1. The monoisotopic (exact) mass is 239 g/mol. The van der Waals surface area contributed by atoms with Gasteiger partial charge in [-0.2, -0.15) is 0 Å². The molecule has 90 valence electrons. The fraction of sp³-hybridized carbons (Fsp3) is 0.143. The Morgan fingerprint density at radius 3 is 2.67 bits per heavy atom. The first-order valence-electron chi connectivity index (χ1n) is 5.89. The maximum atomic E-state index is 5.96. The van der Waals surface area contributed by atoms with Crippen LogP contribution in [0.4, 0.5) is 5.82 Å². The Labute approximate surface area is 105 Å². The van der Waals surface area contributed by atoms with Crippen molar-refractivity contribution >= 4 is 16.7 Å². The van der Waals surface area contributed by atoms with E-state index >= 15 is 0 Å². The number of rotatable bonds is 1. The van der Waals surface area contributed by atoms with Crippen LogP contribution >= 0.6 is 0 Å². The van der Waals surface area contributed by atoms with E-state index in [2.05, 4.69) is 23.1 Å². The summed E-state index contributed by atoms with van der Waals surface area (Å²) >= 11 is 0. The van der Waals surface area contributed by atoms with Crippen LogP contribution in [0.5, 0.6) is 0 Å².